The zero-order valence-corrected chi connectivity index (χ0v) is 19.5. The van der Waals surface area contributed by atoms with Gasteiger partial charge in [-0.2, -0.15) is 0 Å². The van der Waals surface area contributed by atoms with Gasteiger partial charge in [-0.05, 0) is 35.8 Å². The van der Waals surface area contributed by atoms with Crippen molar-refractivity contribution in [3.63, 3.8) is 0 Å². The summed E-state index contributed by atoms with van der Waals surface area (Å²) in [5.41, 5.74) is 0.854. The fourth-order valence-electron chi connectivity index (χ4n) is 4.60. The SMILES string of the molecule is C=C1[C@H]2[C@H](O[C@H]3O[C@H](COC(=O)C=Cc4ccc(O)cc4)[C@@H](O)[C@H](O)[C@H]3O)OC=C(C(=O)O)[C@@H]2C[C@@H]1O. The first kappa shape index (κ1) is 26.8. The van der Waals surface area contributed by atoms with Gasteiger partial charge in [0.15, 0.2) is 6.29 Å². The number of carboxylic acids is 1. The number of phenols is 1. The number of rotatable bonds is 7. The van der Waals surface area contributed by atoms with Crippen LogP contribution < -0.4 is 0 Å². The number of aliphatic hydroxyl groups is 4. The van der Waals surface area contributed by atoms with Crippen molar-refractivity contribution in [2.24, 2.45) is 11.8 Å². The van der Waals surface area contributed by atoms with Crippen LogP contribution in [0.4, 0.5) is 0 Å². The van der Waals surface area contributed by atoms with Crippen LogP contribution >= 0.6 is 0 Å². The topological polar surface area (TPSA) is 192 Å². The highest BCUT2D eigenvalue weighted by Crippen LogP contribution is 2.46. The summed E-state index contributed by atoms with van der Waals surface area (Å²) in [5.74, 6) is -3.35. The second-order valence-corrected chi connectivity index (χ2v) is 9.05. The van der Waals surface area contributed by atoms with Gasteiger partial charge >= 0.3 is 11.9 Å². The molecule has 2 fully saturated rings. The molecule has 1 aliphatic carbocycles. The Morgan fingerprint density at radius 2 is 1.76 bits per heavy atom. The van der Waals surface area contributed by atoms with Crippen molar-refractivity contribution in [1.29, 1.82) is 0 Å². The second kappa shape index (κ2) is 11.0. The van der Waals surface area contributed by atoms with E-state index in [0.717, 1.165) is 12.3 Å². The molecule has 1 aromatic rings. The van der Waals surface area contributed by atoms with Gasteiger partial charge in [0.05, 0.1) is 23.9 Å². The van der Waals surface area contributed by atoms with Crippen molar-refractivity contribution in [2.45, 2.75) is 49.5 Å². The van der Waals surface area contributed by atoms with E-state index in [1.54, 1.807) is 12.1 Å². The molecule has 200 valence electrons. The molecule has 4 rings (SSSR count). The Morgan fingerprint density at radius 3 is 2.43 bits per heavy atom. The van der Waals surface area contributed by atoms with Crippen LogP contribution in [-0.2, 0) is 28.5 Å². The largest absolute Gasteiger partial charge is 0.508 e. The highest BCUT2D eigenvalue weighted by atomic mass is 16.8. The van der Waals surface area contributed by atoms with Gasteiger partial charge in [-0.25, -0.2) is 9.59 Å². The summed E-state index contributed by atoms with van der Waals surface area (Å²) in [5, 5.41) is 60.1. The van der Waals surface area contributed by atoms with E-state index in [9.17, 15) is 40.2 Å². The molecule has 0 unspecified atom stereocenters. The lowest BCUT2D eigenvalue weighted by Crippen LogP contribution is -2.60. The maximum atomic E-state index is 12.1. The number of esters is 1. The lowest BCUT2D eigenvalue weighted by Gasteiger charge is -2.42. The Kier molecular flexibility index (Phi) is 7.97. The third kappa shape index (κ3) is 5.69. The smallest absolute Gasteiger partial charge is 0.334 e. The highest BCUT2D eigenvalue weighted by Gasteiger charge is 2.52. The zero-order chi connectivity index (χ0) is 26.9. The number of benzene rings is 1. The van der Waals surface area contributed by atoms with Gasteiger partial charge in [0.2, 0.25) is 6.29 Å². The number of aliphatic carboxylic acids is 1. The van der Waals surface area contributed by atoms with E-state index in [0.29, 0.717) is 11.1 Å². The minimum absolute atomic E-state index is 0.0618. The van der Waals surface area contributed by atoms with Crippen LogP contribution in [0.5, 0.6) is 5.75 Å². The molecule has 2 heterocycles. The molecule has 6 N–H and O–H groups in total. The molecule has 0 aromatic heterocycles. The van der Waals surface area contributed by atoms with Gasteiger partial charge in [0, 0.05) is 12.0 Å². The molecule has 1 saturated carbocycles. The maximum Gasteiger partial charge on any atom is 0.334 e. The van der Waals surface area contributed by atoms with Gasteiger partial charge in [-0.15, -0.1) is 0 Å². The molecule has 0 spiro atoms. The lowest BCUT2D eigenvalue weighted by molar-refractivity contribution is -0.339. The number of hydrogen-bond donors (Lipinski definition) is 6. The van der Waals surface area contributed by atoms with Crippen molar-refractivity contribution < 1.29 is 59.2 Å². The van der Waals surface area contributed by atoms with Crippen LogP contribution in [0.25, 0.3) is 6.08 Å². The van der Waals surface area contributed by atoms with E-state index >= 15 is 0 Å². The van der Waals surface area contributed by atoms with Crippen LogP contribution in [0.1, 0.15) is 12.0 Å². The number of aromatic hydroxyl groups is 1. The molecular weight excluding hydrogens is 492 g/mol. The third-order valence-corrected chi connectivity index (χ3v) is 6.67. The van der Waals surface area contributed by atoms with E-state index in [-0.39, 0.29) is 17.7 Å². The first-order chi connectivity index (χ1) is 17.6. The van der Waals surface area contributed by atoms with E-state index in [2.05, 4.69) is 6.58 Å². The summed E-state index contributed by atoms with van der Waals surface area (Å²) in [4.78, 5) is 23.7. The van der Waals surface area contributed by atoms with Gasteiger partial charge in [-0.1, -0.05) is 18.7 Å². The summed E-state index contributed by atoms with van der Waals surface area (Å²) in [6.07, 6.45) is -6.43. The first-order valence-electron chi connectivity index (χ1n) is 11.5. The summed E-state index contributed by atoms with van der Waals surface area (Å²) < 4.78 is 21.8. The van der Waals surface area contributed by atoms with Gasteiger partial charge < -0.3 is 49.6 Å². The number of carboxylic acid groups (broad SMARTS) is 1. The molecule has 1 aromatic carbocycles. The monoisotopic (exact) mass is 520 g/mol. The summed E-state index contributed by atoms with van der Waals surface area (Å²) in [6, 6.07) is 6.05. The molecule has 9 atom stereocenters. The Morgan fingerprint density at radius 1 is 1.05 bits per heavy atom. The fourth-order valence-corrected chi connectivity index (χ4v) is 4.60. The van der Waals surface area contributed by atoms with E-state index < -0.39 is 73.5 Å². The fraction of sp³-hybridized carbons (Fsp3) is 0.440. The standard InChI is InChI=1S/C25H28O12/c1-11-16(27)8-14-15(23(32)33)9-35-24(19(11)14)37-25-22(31)21(30)20(29)17(36-25)10-34-18(28)7-4-12-2-5-13(26)6-3-12/h2-7,9,14,16-17,19-22,24-27,29-31H,1,8,10H2,(H,32,33)/t14-,16-,17+,19+,20+,21-,22+,24-,25+/m0/s1. The van der Waals surface area contributed by atoms with Crippen LogP contribution in [0.3, 0.4) is 0 Å². The molecule has 0 radical (unpaired) electrons. The molecule has 0 amide bonds. The highest BCUT2D eigenvalue weighted by molar-refractivity contribution is 5.87. The van der Waals surface area contributed by atoms with Crippen molar-refractivity contribution in [1.82, 2.24) is 0 Å². The number of hydrogen-bond acceptors (Lipinski definition) is 11. The van der Waals surface area contributed by atoms with Crippen LogP contribution in [0.2, 0.25) is 0 Å². The van der Waals surface area contributed by atoms with Gasteiger partial charge in [0.25, 0.3) is 0 Å². The third-order valence-electron chi connectivity index (χ3n) is 6.67. The van der Waals surface area contributed by atoms with E-state index in [4.69, 9.17) is 18.9 Å². The molecule has 1 saturated heterocycles. The molecule has 2 aliphatic heterocycles. The van der Waals surface area contributed by atoms with Crippen molar-refractivity contribution in [2.75, 3.05) is 6.61 Å². The average Bonchev–Trinajstić information content (AvgIpc) is 3.17. The molecular formula is C25H28O12. The Bertz CT molecular complexity index is 1080. The number of ether oxygens (including phenoxy) is 4. The molecule has 0 bridgehead atoms. The number of carbonyl (C=O) groups is 2. The molecule has 12 heteroatoms. The van der Waals surface area contributed by atoms with Crippen molar-refractivity contribution in [3.8, 4) is 5.75 Å². The molecule has 12 nitrogen and oxygen atoms in total. The van der Waals surface area contributed by atoms with Crippen molar-refractivity contribution in [3.05, 3.63) is 59.9 Å². The number of carbonyl (C=O) groups excluding carboxylic acids is 1. The Labute approximate surface area is 211 Å². The maximum absolute atomic E-state index is 12.1. The second-order valence-electron chi connectivity index (χ2n) is 9.05. The quantitative estimate of drug-likeness (QED) is 0.156. The number of aliphatic hydroxyl groups excluding tert-OH is 4. The van der Waals surface area contributed by atoms with Crippen LogP contribution in [0.15, 0.2) is 54.3 Å². The van der Waals surface area contributed by atoms with Gasteiger partial charge in [-0.3, -0.25) is 0 Å². The lowest BCUT2D eigenvalue weighted by atomic mass is 9.85. The first-order valence-corrected chi connectivity index (χ1v) is 11.5. The summed E-state index contributed by atoms with van der Waals surface area (Å²) in [6.45, 7) is 3.32. The van der Waals surface area contributed by atoms with Gasteiger partial charge in [0.1, 0.15) is 36.8 Å². The number of phenolic OH excluding ortho intramolecular Hbond substituents is 1. The zero-order valence-electron chi connectivity index (χ0n) is 19.5. The molecule has 3 aliphatic rings. The van der Waals surface area contributed by atoms with E-state index in [1.807, 2.05) is 0 Å². The predicted molar refractivity (Wildman–Crippen MR) is 123 cm³/mol. The predicted octanol–water partition coefficient (Wildman–Crippen LogP) is -0.349. The Hall–Kier alpha value is -3.26. The minimum Gasteiger partial charge on any atom is -0.508 e. The van der Waals surface area contributed by atoms with E-state index in [1.165, 1.54) is 18.2 Å². The van der Waals surface area contributed by atoms with Crippen molar-refractivity contribution >= 4 is 18.0 Å². The average molecular weight is 520 g/mol. The minimum atomic E-state index is -1.73. The van der Waals surface area contributed by atoms with Crippen LogP contribution in [-0.4, -0.2) is 92.3 Å². The molecule has 37 heavy (non-hydrogen) atoms. The Balaban J connectivity index is 1.40. The summed E-state index contributed by atoms with van der Waals surface area (Å²) in [7, 11) is 0. The summed E-state index contributed by atoms with van der Waals surface area (Å²) >= 11 is 0. The normalized spacial score (nSPS) is 35.5. The number of fused-ring (bicyclic) bond motifs is 1. The van der Waals surface area contributed by atoms with Crippen LogP contribution in [0, 0.1) is 11.8 Å².